The predicted octanol–water partition coefficient (Wildman–Crippen LogP) is 4.54. The molecule has 0 unspecified atom stereocenters. The van der Waals surface area contributed by atoms with Gasteiger partial charge in [-0.25, -0.2) is 0 Å². The van der Waals surface area contributed by atoms with Gasteiger partial charge < -0.3 is 19.3 Å². The monoisotopic (exact) mass is 384 g/mol. The number of amides is 1. The summed E-state index contributed by atoms with van der Waals surface area (Å²) in [5.41, 5.74) is 2.06. The Balaban J connectivity index is 1.75. The van der Waals surface area contributed by atoms with Gasteiger partial charge >= 0.3 is 0 Å². The zero-order valence-electron chi connectivity index (χ0n) is 15.3. The Bertz CT molecular complexity index is 939. The van der Waals surface area contributed by atoms with Crippen molar-refractivity contribution in [1.29, 1.82) is 0 Å². The molecular formula is C20H20N2O4S. The fraction of sp³-hybridized carbons (Fsp3) is 0.200. The van der Waals surface area contributed by atoms with Crippen molar-refractivity contribution in [3.8, 4) is 11.5 Å². The second kappa shape index (κ2) is 8.64. The van der Waals surface area contributed by atoms with Crippen LogP contribution in [0.15, 0.2) is 57.9 Å². The lowest BCUT2D eigenvalue weighted by atomic mass is 10.2. The molecule has 0 radical (unpaired) electrons. The highest BCUT2D eigenvalue weighted by Gasteiger charge is 2.14. The fourth-order valence-electron chi connectivity index (χ4n) is 2.53. The van der Waals surface area contributed by atoms with E-state index in [2.05, 4.69) is 10.5 Å². The van der Waals surface area contributed by atoms with Crippen molar-refractivity contribution in [1.82, 2.24) is 5.16 Å². The second-order valence-corrected chi connectivity index (χ2v) is 6.76. The number of aromatic nitrogens is 1. The zero-order valence-corrected chi connectivity index (χ0v) is 16.1. The van der Waals surface area contributed by atoms with Gasteiger partial charge in [0.2, 0.25) is 0 Å². The Labute approximate surface area is 161 Å². The number of anilines is 1. The summed E-state index contributed by atoms with van der Waals surface area (Å²) in [6.45, 7) is 1.88. The van der Waals surface area contributed by atoms with Crippen LogP contribution in [0.2, 0.25) is 0 Å². The van der Waals surface area contributed by atoms with Crippen LogP contribution in [0.25, 0.3) is 0 Å². The zero-order chi connectivity index (χ0) is 19.2. The molecule has 140 valence electrons. The molecule has 0 atom stereocenters. The van der Waals surface area contributed by atoms with Gasteiger partial charge in [-0.1, -0.05) is 17.3 Å². The molecule has 0 aliphatic heterocycles. The molecule has 27 heavy (non-hydrogen) atoms. The summed E-state index contributed by atoms with van der Waals surface area (Å²) in [5.74, 6) is 2.33. The molecule has 1 amide bonds. The summed E-state index contributed by atoms with van der Waals surface area (Å²) in [5, 5.41) is 6.79. The van der Waals surface area contributed by atoms with E-state index in [-0.39, 0.29) is 5.91 Å². The number of thioether (sulfide) groups is 1. The third-order valence-electron chi connectivity index (χ3n) is 3.82. The van der Waals surface area contributed by atoms with Crippen molar-refractivity contribution in [2.45, 2.75) is 17.6 Å². The molecule has 0 saturated heterocycles. The molecule has 6 nitrogen and oxygen atoms in total. The lowest BCUT2D eigenvalue weighted by Gasteiger charge is -2.12. The summed E-state index contributed by atoms with van der Waals surface area (Å²) >= 11 is 1.53. The number of benzene rings is 2. The maximum Gasteiger partial charge on any atom is 0.256 e. The van der Waals surface area contributed by atoms with Crippen LogP contribution in [0.1, 0.15) is 21.8 Å². The first-order valence-electron chi connectivity index (χ1n) is 8.28. The summed E-state index contributed by atoms with van der Waals surface area (Å²) < 4.78 is 15.7. The SMILES string of the molecule is COc1ccc(NC(=O)c2ccccc2SCc2cc(C)no2)cc1OC. The Hall–Kier alpha value is -2.93. The number of methoxy groups -OCH3 is 2. The van der Waals surface area contributed by atoms with Gasteiger partial charge in [-0.05, 0) is 31.2 Å². The lowest BCUT2D eigenvalue weighted by Crippen LogP contribution is -2.13. The number of hydrogen-bond acceptors (Lipinski definition) is 6. The summed E-state index contributed by atoms with van der Waals surface area (Å²) in [6, 6.07) is 14.6. The molecule has 1 aromatic heterocycles. The number of aryl methyl sites for hydroxylation is 1. The van der Waals surface area contributed by atoms with Crippen LogP contribution in [0.5, 0.6) is 11.5 Å². The largest absolute Gasteiger partial charge is 0.493 e. The molecule has 2 aromatic carbocycles. The van der Waals surface area contributed by atoms with E-state index in [0.29, 0.717) is 28.5 Å². The second-order valence-electron chi connectivity index (χ2n) is 5.74. The van der Waals surface area contributed by atoms with Crippen LogP contribution >= 0.6 is 11.8 Å². The molecule has 7 heteroatoms. The number of nitrogens with zero attached hydrogens (tertiary/aromatic N) is 1. The quantitative estimate of drug-likeness (QED) is 0.603. The van der Waals surface area contributed by atoms with Gasteiger partial charge in [0.1, 0.15) is 5.76 Å². The van der Waals surface area contributed by atoms with E-state index in [9.17, 15) is 4.79 Å². The van der Waals surface area contributed by atoms with Crippen molar-refractivity contribution in [3.05, 3.63) is 65.5 Å². The van der Waals surface area contributed by atoms with Crippen LogP contribution in [-0.2, 0) is 5.75 Å². The fourth-order valence-corrected chi connectivity index (χ4v) is 3.45. The average Bonchev–Trinajstić information content (AvgIpc) is 3.11. The van der Waals surface area contributed by atoms with Crippen LogP contribution < -0.4 is 14.8 Å². The Morgan fingerprint density at radius 1 is 1.11 bits per heavy atom. The molecule has 0 spiro atoms. The summed E-state index contributed by atoms with van der Waals surface area (Å²) in [6.07, 6.45) is 0. The van der Waals surface area contributed by atoms with E-state index in [1.165, 1.54) is 11.8 Å². The van der Waals surface area contributed by atoms with Gasteiger partial charge in [-0.15, -0.1) is 11.8 Å². The van der Waals surface area contributed by atoms with Crippen molar-refractivity contribution < 1.29 is 18.8 Å². The van der Waals surface area contributed by atoms with Crippen LogP contribution in [-0.4, -0.2) is 25.3 Å². The highest BCUT2D eigenvalue weighted by atomic mass is 32.2. The maximum absolute atomic E-state index is 12.8. The maximum atomic E-state index is 12.8. The molecule has 3 rings (SSSR count). The molecule has 1 heterocycles. The van der Waals surface area contributed by atoms with E-state index in [0.717, 1.165) is 16.3 Å². The third kappa shape index (κ3) is 4.62. The molecule has 0 aliphatic rings. The van der Waals surface area contributed by atoms with Crippen molar-refractivity contribution in [2.75, 3.05) is 19.5 Å². The minimum absolute atomic E-state index is 0.195. The molecular weight excluding hydrogens is 364 g/mol. The van der Waals surface area contributed by atoms with Gasteiger partial charge in [0.25, 0.3) is 5.91 Å². The minimum atomic E-state index is -0.195. The first kappa shape index (κ1) is 18.8. The number of nitrogens with one attached hydrogen (secondary N) is 1. The van der Waals surface area contributed by atoms with Crippen LogP contribution in [0.3, 0.4) is 0 Å². The molecule has 3 aromatic rings. The number of carbonyl (C=O) groups is 1. The highest BCUT2D eigenvalue weighted by Crippen LogP contribution is 2.31. The highest BCUT2D eigenvalue weighted by molar-refractivity contribution is 7.98. The van der Waals surface area contributed by atoms with Crippen LogP contribution in [0.4, 0.5) is 5.69 Å². The normalized spacial score (nSPS) is 10.5. The van der Waals surface area contributed by atoms with Gasteiger partial charge in [-0.2, -0.15) is 0 Å². The third-order valence-corrected chi connectivity index (χ3v) is 4.92. The van der Waals surface area contributed by atoms with Crippen molar-refractivity contribution in [2.24, 2.45) is 0 Å². The Morgan fingerprint density at radius 2 is 1.89 bits per heavy atom. The van der Waals surface area contributed by atoms with E-state index in [1.807, 2.05) is 31.2 Å². The molecule has 0 fully saturated rings. The summed E-state index contributed by atoms with van der Waals surface area (Å²) in [4.78, 5) is 13.6. The first-order valence-corrected chi connectivity index (χ1v) is 9.26. The van der Waals surface area contributed by atoms with E-state index in [4.69, 9.17) is 14.0 Å². The van der Waals surface area contributed by atoms with E-state index < -0.39 is 0 Å². The topological polar surface area (TPSA) is 73.6 Å². The van der Waals surface area contributed by atoms with Gasteiger partial charge in [-0.3, -0.25) is 4.79 Å². The van der Waals surface area contributed by atoms with Crippen molar-refractivity contribution in [3.63, 3.8) is 0 Å². The van der Waals surface area contributed by atoms with E-state index >= 15 is 0 Å². The van der Waals surface area contributed by atoms with Crippen LogP contribution in [0, 0.1) is 6.92 Å². The summed E-state index contributed by atoms with van der Waals surface area (Å²) in [7, 11) is 3.13. The minimum Gasteiger partial charge on any atom is -0.493 e. The van der Waals surface area contributed by atoms with Crippen molar-refractivity contribution >= 4 is 23.4 Å². The Morgan fingerprint density at radius 3 is 2.59 bits per heavy atom. The molecule has 1 N–H and O–H groups in total. The predicted molar refractivity (Wildman–Crippen MR) is 105 cm³/mol. The lowest BCUT2D eigenvalue weighted by molar-refractivity contribution is 0.102. The number of ether oxygens (including phenoxy) is 2. The Kier molecular flexibility index (Phi) is 6.03. The average molecular weight is 384 g/mol. The molecule has 0 bridgehead atoms. The van der Waals surface area contributed by atoms with Gasteiger partial charge in [0, 0.05) is 22.7 Å². The van der Waals surface area contributed by atoms with E-state index in [1.54, 1.807) is 38.5 Å². The smallest absolute Gasteiger partial charge is 0.256 e. The molecule has 0 aliphatic carbocycles. The van der Waals surface area contributed by atoms with Gasteiger partial charge in [0.05, 0.1) is 31.2 Å². The number of rotatable bonds is 7. The molecule has 0 saturated carbocycles. The van der Waals surface area contributed by atoms with Gasteiger partial charge in [0.15, 0.2) is 11.5 Å². The standard InChI is InChI=1S/C20H20N2O4S/c1-13-10-15(26-22-13)12-27-19-7-5-4-6-16(19)20(23)21-14-8-9-17(24-2)18(11-14)25-3/h4-11H,12H2,1-3H3,(H,21,23). The first-order chi connectivity index (χ1) is 13.1. The number of hydrogen-bond donors (Lipinski definition) is 1. The number of carbonyl (C=O) groups excluding carboxylic acids is 1.